The van der Waals surface area contributed by atoms with Crippen LogP contribution in [-0.4, -0.2) is 9.97 Å². The molecule has 0 radical (unpaired) electrons. The van der Waals surface area contributed by atoms with Gasteiger partial charge in [0.05, 0.1) is 11.9 Å². The quantitative estimate of drug-likeness (QED) is 0.739. The highest BCUT2D eigenvalue weighted by Crippen LogP contribution is 2.23. The van der Waals surface area contributed by atoms with E-state index in [1.54, 1.807) is 12.4 Å². The van der Waals surface area contributed by atoms with Crippen LogP contribution in [0.5, 0.6) is 0 Å². The second kappa shape index (κ2) is 3.46. The number of aromatic nitrogens is 2. The number of aryl methyl sites for hydroxylation is 1. The summed E-state index contributed by atoms with van der Waals surface area (Å²) in [5, 5.41) is 0. The van der Waals surface area contributed by atoms with E-state index in [-0.39, 0.29) is 0 Å². The Morgan fingerprint density at radius 3 is 2.64 bits per heavy atom. The summed E-state index contributed by atoms with van der Waals surface area (Å²) >= 11 is 0. The smallest absolute Gasteiger partial charge is 0.0580 e. The average molecular weight is 185 g/mol. The minimum absolute atomic E-state index is 0.679. The van der Waals surface area contributed by atoms with Crippen molar-refractivity contribution in [3.8, 4) is 11.1 Å². The standard InChI is InChI=1S/C11H11N3/c1-8-2-3-9(6-14-8)10-4-5-13-7-11(10)12/h2-7H,12H2,1H3. The molecule has 0 aliphatic rings. The molecule has 0 unspecified atom stereocenters. The van der Waals surface area contributed by atoms with Gasteiger partial charge in [-0.05, 0) is 19.1 Å². The molecule has 2 N–H and O–H groups in total. The van der Waals surface area contributed by atoms with Crippen LogP contribution in [-0.2, 0) is 0 Å². The summed E-state index contributed by atoms with van der Waals surface area (Å²) in [5.74, 6) is 0. The number of nitrogens with two attached hydrogens (primary N) is 1. The molecule has 0 amide bonds. The summed E-state index contributed by atoms with van der Waals surface area (Å²) in [4.78, 5) is 8.16. The Balaban J connectivity index is 2.50. The molecule has 0 aliphatic heterocycles. The van der Waals surface area contributed by atoms with Crippen LogP contribution in [0.25, 0.3) is 11.1 Å². The molecule has 3 nitrogen and oxygen atoms in total. The van der Waals surface area contributed by atoms with Gasteiger partial charge in [0.15, 0.2) is 0 Å². The van der Waals surface area contributed by atoms with E-state index in [1.807, 2.05) is 31.3 Å². The highest BCUT2D eigenvalue weighted by Gasteiger charge is 2.01. The minimum atomic E-state index is 0.679. The third-order valence-electron chi connectivity index (χ3n) is 2.07. The van der Waals surface area contributed by atoms with E-state index < -0.39 is 0 Å². The molecule has 0 bridgehead atoms. The number of rotatable bonds is 1. The molecule has 2 rings (SSSR count). The summed E-state index contributed by atoms with van der Waals surface area (Å²) in [6.45, 7) is 1.96. The molecule has 2 aromatic heterocycles. The number of anilines is 1. The highest BCUT2D eigenvalue weighted by atomic mass is 14.7. The molecule has 0 saturated heterocycles. The Kier molecular flexibility index (Phi) is 2.14. The molecule has 2 aromatic rings. The second-order valence-electron chi connectivity index (χ2n) is 3.15. The summed E-state index contributed by atoms with van der Waals surface area (Å²) in [6, 6.07) is 5.87. The first kappa shape index (κ1) is 8.69. The first-order valence-electron chi connectivity index (χ1n) is 4.40. The predicted octanol–water partition coefficient (Wildman–Crippen LogP) is 2.03. The molecule has 3 heteroatoms. The van der Waals surface area contributed by atoms with Gasteiger partial charge in [-0.15, -0.1) is 0 Å². The van der Waals surface area contributed by atoms with Gasteiger partial charge < -0.3 is 5.73 Å². The molecule has 0 atom stereocenters. The topological polar surface area (TPSA) is 51.8 Å². The fourth-order valence-corrected chi connectivity index (χ4v) is 1.30. The first-order valence-corrected chi connectivity index (χ1v) is 4.40. The Morgan fingerprint density at radius 2 is 2.00 bits per heavy atom. The van der Waals surface area contributed by atoms with Crippen molar-refractivity contribution in [3.63, 3.8) is 0 Å². The van der Waals surface area contributed by atoms with Crippen molar-refractivity contribution in [3.05, 3.63) is 42.5 Å². The van der Waals surface area contributed by atoms with E-state index in [1.165, 1.54) is 0 Å². The minimum Gasteiger partial charge on any atom is -0.397 e. The van der Waals surface area contributed by atoms with E-state index in [2.05, 4.69) is 9.97 Å². The Hall–Kier alpha value is -1.90. The maximum atomic E-state index is 5.80. The third kappa shape index (κ3) is 1.57. The number of hydrogen-bond acceptors (Lipinski definition) is 3. The fraction of sp³-hybridized carbons (Fsp3) is 0.0909. The number of nitrogen functional groups attached to an aromatic ring is 1. The summed E-state index contributed by atoms with van der Waals surface area (Å²) in [6.07, 6.45) is 5.20. The van der Waals surface area contributed by atoms with Gasteiger partial charge >= 0.3 is 0 Å². The Labute approximate surface area is 82.6 Å². The predicted molar refractivity (Wildman–Crippen MR) is 56.6 cm³/mol. The normalized spacial score (nSPS) is 10.1. The number of nitrogens with zero attached hydrogens (tertiary/aromatic N) is 2. The van der Waals surface area contributed by atoms with E-state index in [9.17, 15) is 0 Å². The second-order valence-corrected chi connectivity index (χ2v) is 3.15. The lowest BCUT2D eigenvalue weighted by Crippen LogP contribution is -1.91. The maximum absolute atomic E-state index is 5.80. The van der Waals surface area contributed by atoms with Crippen molar-refractivity contribution in [1.82, 2.24) is 9.97 Å². The summed E-state index contributed by atoms with van der Waals surface area (Å²) < 4.78 is 0. The van der Waals surface area contributed by atoms with Crippen molar-refractivity contribution in [1.29, 1.82) is 0 Å². The van der Waals surface area contributed by atoms with Crippen molar-refractivity contribution in [2.75, 3.05) is 5.73 Å². The van der Waals surface area contributed by atoms with Crippen LogP contribution in [0.15, 0.2) is 36.8 Å². The van der Waals surface area contributed by atoms with Gasteiger partial charge in [-0.2, -0.15) is 0 Å². The molecule has 0 aliphatic carbocycles. The largest absolute Gasteiger partial charge is 0.397 e. The average Bonchev–Trinajstić information content (AvgIpc) is 2.20. The lowest BCUT2D eigenvalue weighted by atomic mass is 10.1. The number of hydrogen-bond donors (Lipinski definition) is 1. The van der Waals surface area contributed by atoms with Gasteiger partial charge in [-0.1, -0.05) is 6.07 Å². The van der Waals surface area contributed by atoms with E-state index in [4.69, 9.17) is 5.73 Å². The van der Waals surface area contributed by atoms with Crippen LogP contribution in [0.2, 0.25) is 0 Å². The third-order valence-corrected chi connectivity index (χ3v) is 2.07. The van der Waals surface area contributed by atoms with Gasteiger partial charge in [-0.25, -0.2) is 0 Å². The molecular formula is C11H11N3. The van der Waals surface area contributed by atoms with E-state index in [0.29, 0.717) is 5.69 Å². The SMILES string of the molecule is Cc1ccc(-c2ccncc2N)cn1. The first-order chi connectivity index (χ1) is 6.77. The summed E-state index contributed by atoms with van der Waals surface area (Å²) in [5.41, 5.74) is 9.48. The Bertz CT molecular complexity index is 435. The van der Waals surface area contributed by atoms with Crippen LogP contribution in [0.4, 0.5) is 5.69 Å². The molecule has 0 fully saturated rings. The molecule has 0 spiro atoms. The number of pyridine rings is 2. The Morgan fingerprint density at radius 1 is 1.14 bits per heavy atom. The molecule has 2 heterocycles. The lowest BCUT2D eigenvalue weighted by Gasteiger charge is -2.04. The van der Waals surface area contributed by atoms with Crippen molar-refractivity contribution < 1.29 is 0 Å². The van der Waals surface area contributed by atoms with Gasteiger partial charge in [-0.3, -0.25) is 9.97 Å². The van der Waals surface area contributed by atoms with Gasteiger partial charge in [0, 0.05) is 29.2 Å². The highest BCUT2D eigenvalue weighted by molar-refractivity contribution is 5.74. The zero-order valence-electron chi connectivity index (χ0n) is 7.94. The van der Waals surface area contributed by atoms with Crippen molar-refractivity contribution in [2.24, 2.45) is 0 Å². The summed E-state index contributed by atoms with van der Waals surface area (Å²) in [7, 11) is 0. The van der Waals surface area contributed by atoms with E-state index >= 15 is 0 Å². The maximum Gasteiger partial charge on any atom is 0.0580 e. The van der Waals surface area contributed by atoms with Crippen molar-refractivity contribution in [2.45, 2.75) is 6.92 Å². The monoisotopic (exact) mass is 185 g/mol. The molecule has 0 saturated carbocycles. The van der Waals surface area contributed by atoms with Gasteiger partial charge in [0.1, 0.15) is 0 Å². The van der Waals surface area contributed by atoms with Crippen molar-refractivity contribution >= 4 is 5.69 Å². The lowest BCUT2D eigenvalue weighted by molar-refractivity contribution is 1.20. The van der Waals surface area contributed by atoms with Crippen LogP contribution in [0, 0.1) is 6.92 Å². The van der Waals surface area contributed by atoms with Crippen LogP contribution < -0.4 is 5.73 Å². The van der Waals surface area contributed by atoms with Crippen LogP contribution in [0.1, 0.15) is 5.69 Å². The van der Waals surface area contributed by atoms with Gasteiger partial charge in [0.25, 0.3) is 0 Å². The molecular weight excluding hydrogens is 174 g/mol. The van der Waals surface area contributed by atoms with Crippen LogP contribution in [0.3, 0.4) is 0 Å². The molecule has 70 valence electrons. The molecule has 0 aromatic carbocycles. The zero-order valence-corrected chi connectivity index (χ0v) is 7.94. The van der Waals surface area contributed by atoms with E-state index in [0.717, 1.165) is 16.8 Å². The molecule has 14 heavy (non-hydrogen) atoms. The van der Waals surface area contributed by atoms with Crippen LogP contribution >= 0.6 is 0 Å². The fourth-order valence-electron chi connectivity index (χ4n) is 1.30. The van der Waals surface area contributed by atoms with Gasteiger partial charge in [0.2, 0.25) is 0 Å². The zero-order chi connectivity index (χ0) is 9.97.